The number of hydrogen-bond donors (Lipinski definition) is 2. The van der Waals surface area contributed by atoms with Crippen LogP contribution in [0.25, 0.3) is 0 Å². The first-order valence-electron chi connectivity index (χ1n) is 3.68. The van der Waals surface area contributed by atoms with Crippen molar-refractivity contribution in [1.82, 2.24) is 5.32 Å². The van der Waals surface area contributed by atoms with Gasteiger partial charge in [-0.05, 0) is 13.3 Å². The summed E-state index contributed by atoms with van der Waals surface area (Å²) in [5, 5.41) is 12.7. The summed E-state index contributed by atoms with van der Waals surface area (Å²) < 4.78 is 0. The van der Waals surface area contributed by atoms with Gasteiger partial charge in [0.15, 0.2) is 0 Å². The Morgan fingerprint density at radius 1 is 1.80 bits per heavy atom. The van der Waals surface area contributed by atoms with E-state index in [-0.39, 0.29) is 0 Å². The van der Waals surface area contributed by atoms with Gasteiger partial charge in [-0.2, -0.15) is 0 Å². The smallest absolute Gasteiger partial charge is 0.129 e. The SMILES string of the molecule is CCC(C)(O)C1=NCCN1. The highest BCUT2D eigenvalue weighted by Crippen LogP contribution is 2.11. The Balaban J connectivity index is 2.62. The van der Waals surface area contributed by atoms with E-state index in [4.69, 9.17) is 0 Å². The summed E-state index contributed by atoms with van der Waals surface area (Å²) >= 11 is 0. The molecule has 1 heterocycles. The van der Waals surface area contributed by atoms with E-state index in [1.54, 1.807) is 6.92 Å². The van der Waals surface area contributed by atoms with Crippen LogP contribution in [0, 0.1) is 0 Å². The zero-order valence-corrected chi connectivity index (χ0v) is 6.52. The Morgan fingerprint density at radius 2 is 2.50 bits per heavy atom. The van der Waals surface area contributed by atoms with Crippen LogP contribution >= 0.6 is 0 Å². The number of amidine groups is 1. The Bertz CT molecular complexity index is 152. The molecule has 0 aromatic carbocycles. The van der Waals surface area contributed by atoms with Crippen LogP contribution in [0.3, 0.4) is 0 Å². The van der Waals surface area contributed by atoms with Crippen LogP contribution in [0.15, 0.2) is 4.99 Å². The normalized spacial score (nSPS) is 23.3. The van der Waals surface area contributed by atoms with Crippen LogP contribution in [0.5, 0.6) is 0 Å². The van der Waals surface area contributed by atoms with Crippen molar-refractivity contribution in [2.45, 2.75) is 25.9 Å². The predicted octanol–water partition coefficient (Wildman–Crippen LogP) is 0.149. The van der Waals surface area contributed by atoms with Gasteiger partial charge in [-0.1, -0.05) is 6.92 Å². The summed E-state index contributed by atoms with van der Waals surface area (Å²) in [7, 11) is 0. The molecule has 3 heteroatoms. The third-order valence-corrected chi connectivity index (χ3v) is 1.87. The molecule has 58 valence electrons. The summed E-state index contributed by atoms with van der Waals surface area (Å²) in [6, 6.07) is 0. The quantitative estimate of drug-likeness (QED) is 0.576. The van der Waals surface area contributed by atoms with Crippen molar-refractivity contribution in [2.75, 3.05) is 13.1 Å². The van der Waals surface area contributed by atoms with E-state index in [0.29, 0.717) is 6.42 Å². The molecule has 0 fully saturated rings. The molecule has 0 saturated heterocycles. The third kappa shape index (κ3) is 1.29. The van der Waals surface area contributed by atoms with Gasteiger partial charge < -0.3 is 10.4 Å². The van der Waals surface area contributed by atoms with Crippen molar-refractivity contribution >= 4 is 5.84 Å². The lowest BCUT2D eigenvalue weighted by atomic mass is 10.0. The molecule has 1 atom stereocenters. The molecule has 0 aromatic rings. The molecule has 0 aromatic heterocycles. The van der Waals surface area contributed by atoms with E-state index in [1.165, 1.54) is 0 Å². The third-order valence-electron chi connectivity index (χ3n) is 1.87. The number of hydrogen-bond acceptors (Lipinski definition) is 3. The molecule has 0 saturated carbocycles. The fraction of sp³-hybridized carbons (Fsp3) is 0.857. The van der Waals surface area contributed by atoms with Crippen LogP contribution in [0.2, 0.25) is 0 Å². The minimum Gasteiger partial charge on any atom is -0.382 e. The van der Waals surface area contributed by atoms with Crippen molar-refractivity contribution in [3.05, 3.63) is 0 Å². The largest absolute Gasteiger partial charge is 0.382 e. The molecule has 0 amide bonds. The van der Waals surface area contributed by atoms with Crippen molar-refractivity contribution in [1.29, 1.82) is 0 Å². The lowest BCUT2D eigenvalue weighted by Crippen LogP contribution is -2.41. The molecule has 3 nitrogen and oxygen atoms in total. The first-order valence-corrected chi connectivity index (χ1v) is 3.68. The van der Waals surface area contributed by atoms with Gasteiger partial charge in [0.05, 0.1) is 6.54 Å². The molecule has 1 unspecified atom stereocenters. The molecule has 1 aliphatic rings. The standard InChI is InChI=1S/C7H14N2O/c1-3-7(2,10)6-8-4-5-9-6/h10H,3-5H2,1-2H3,(H,8,9). The summed E-state index contributed by atoms with van der Waals surface area (Å²) in [6.07, 6.45) is 0.707. The van der Waals surface area contributed by atoms with Crippen molar-refractivity contribution in [2.24, 2.45) is 4.99 Å². The lowest BCUT2D eigenvalue weighted by Gasteiger charge is -2.21. The molecule has 0 aliphatic carbocycles. The van der Waals surface area contributed by atoms with Gasteiger partial charge in [0.1, 0.15) is 11.4 Å². The zero-order chi connectivity index (χ0) is 7.61. The maximum Gasteiger partial charge on any atom is 0.129 e. The van der Waals surface area contributed by atoms with E-state index in [1.807, 2.05) is 6.92 Å². The van der Waals surface area contributed by atoms with Crippen LogP contribution < -0.4 is 5.32 Å². The minimum atomic E-state index is -0.740. The zero-order valence-electron chi connectivity index (χ0n) is 6.52. The number of aliphatic imine (C=N–C) groups is 1. The van der Waals surface area contributed by atoms with Crippen LogP contribution in [0.1, 0.15) is 20.3 Å². The molecular weight excluding hydrogens is 128 g/mol. The van der Waals surface area contributed by atoms with Gasteiger partial charge in [0.25, 0.3) is 0 Å². The Hall–Kier alpha value is -0.570. The lowest BCUT2D eigenvalue weighted by molar-refractivity contribution is 0.125. The predicted molar refractivity (Wildman–Crippen MR) is 41.2 cm³/mol. The minimum absolute atomic E-state index is 0.707. The molecule has 0 spiro atoms. The van der Waals surface area contributed by atoms with Gasteiger partial charge in [0.2, 0.25) is 0 Å². The molecule has 0 bridgehead atoms. The fourth-order valence-electron chi connectivity index (χ4n) is 0.926. The van der Waals surface area contributed by atoms with E-state index >= 15 is 0 Å². The van der Waals surface area contributed by atoms with E-state index in [9.17, 15) is 5.11 Å². The summed E-state index contributed by atoms with van der Waals surface area (Å²) in [4.78, 5) is 4.13. The number of nitrogens with zero attached hydrogens (tertiary/aromatic N) is 1. The average Bonchev–Trinajstić information content (AvgIpc) is 2.38. The summed E-state index contributed by atoms with van der Waals surface area (Å²) in [5.74, 6) is 0.745. The van der Waals surface area contributed by atoms with E-state index < -0.39 is 5.60 Å². The monoisotopic (exact) mass is 142 g/mol. The van der Waals surface area contributed by atoms with Crippen LogP contribution in [-0.4, -0.2) is 29.6 Å². The second-order valence-electron chi connectivity index (χ2n) is 2.78. The van der Waals surface area contributed by atoms with E-state index in [2.05, 4.69) is 10.3 Å². The molecule has 0 radical (unpaired) electrons. The maximum atomic E-state index is 9.63. The Morgan fingerprint density at radius 3 is 2.90 bits per heavy atom. The fourth-order valence-corrected chi connectivity index (χ4v) is 0.926. The van der Waals surface area contributed by atoms with Crippen LogP contribution in [0.4, 0.5) is 0 Å². The second-order valence-corrected chi connectivity index (χ2v) is 2.78. The number of aliphatic hydroxyl groups is 1. The second kappa shape index (κ2) is 2.58. The molecule has 1 rings (SSSR count). The first kappa shape index (κ1) is 7.54. The van der Waals surface area contributed by atoms with Crippen LogP contribution in [-0.2, 0) is 0 Å². The average molecular weight is 142 g/mol. The Labute approximate surface area is 61.2 Å². The van der Waals surface area contributed by atoms with Gasteiger partial charge in [0, 0.05) is 6.54 Å². The van der Waals surface area contributed by atoms with Crippen molar-refractivity contribution < 1.29 is 5.11 Å². The topological polar surface area (TPSA) is 44.6 Å². The molecule has 1 aliphatic heterocycles. The highest BCUT2D eigenvalue weighted by atomic mass is 16.3. The van der Waals surface area contributed by atoms with Crippen molar-refractivity contribution in [3.8, 4) is 0 Å². The van der Waals surface area contributed by atoms with Gasteiger partial charge >= 0.3 is 0 Å². The highest BCUT2D eigenvalue weighted by Gasteiger charge is 2.26. The molecular formula is C7H14N2O. The molecule has 10 heavy (non-hydrogen) atoms. The number of rotatable bonds is 2. The molecule has 2 N–H and O–H groups in total. The summed E-state index contributed by atoms with van der Waals surface area (Å²) in [6.45, 7) is 5.39. The van der Waals surface area contributed by atoms with Gasteiger partial charge in [-0.3, -0.25) is 4.99 Å². The maximum absolute atomic E-state index is 9.63. The van der Waals surface area contributed by atoms with Gasteiger partial charge in [-0.25, -0.2) is 0 Å². The van der Waals surface area contributed by atoms with E-state index in [0.717, 1.165) is 18.9 Å². The van der Waals surface area contributed by atoms with Gasteiger partial charge in [-0.15, -0.1) is 0 Å². The number of nitrogens with one attached hydrogen (secondary N) is 1. The first-order chi connectivity index (χ1) is 4.67. The van der Waals surface area contributed by atoms with Crippen molar-refractivity contribution in [3.63, 3.8) is 0 Å². The highest BCUT2D eigenvalue weighted by molar-refractivity contribution is 5.90. The Kier molecular flexibility index (Phi) is 1.94. The summed E-state index contributed by atoms with van der Waals surface area (Å²) in [5.41, 5.74) is -0.740.